The van der Waals surface area contributed by atoms with Crippen LogP contribution >= 0.6 is 0 Å². The quantitative estimate of drug-likeness (QED) is 0.628. The minimum Gasteiger partial charge on any atom is -0.395 e. The third-order valence-electron chi connectivity index (χ3n) is 1.56. The van der Waals surface area contributed by atoms with E-state index in [4.69, 9.17) is 5.73 Å². The second kappa shape index (κ2) is 2.17. The molecule has 2 aromatic rings. The van der Waals surface area contributed by atoms with Gasteiger partial charge in [0, 0.05) is 6.07 Å². The van der Waals surface area contributed by atoms with E-state index < -0.39 is 5.82 Å². The number of hydrogen-bond donors (Lipinski definition) is 1. The van der Waals surface area contributed by atoms with Crippen molar-refractivity contribution in [2.24, 2.45) is 0 Å². The largest absolute Gasteiger partial charge is 0.395 e. The van der Waals surface area contributed by atoms with Gasteiger partial charge in [-0.15, -0.1) is 0 Å². The third kappa shape index (κ3) is 0.903. The molecule has 12 heavy (non-hydrogen) atoms. The van der Waals surface area contributed by atoms with Crippen LogP contribution < -0.4 is 5.73 Å². The first-order valence-electron chi connectivity index (χ1n) is 3.45. The number of aromatic nitrogens is 3. The van der Waals surface area contributed by atoms with Gasteiger partial charge in [0.15, 0.2) is 11.5 Å². The fourth-order valence-electron chi connectivity index (χ4n) is 1.03. The summed E-state index contributed by atoms with van der Waals surface area (Å²) in [5.41, 5.74) is 5.88. The Labute approximate surface area is 67.8 Å². The van der Waals surface area contributed by atoms with E-state index in [0.29, 0.717) is 11.5 Å². The highest BCUT2D eigenvalue weighted by molar-refractivity contribution is 5.47. The molecule has 2 aromatic heterocycles. The van der Waals surface area contributed by atoms with Gasteiger partial charge in [-0.1, -0.05) is 0 Å². The standard InChI is InChI=1S/C7H7FN4/c1-4-10-7-2-5(8)6(9)3-12(7)11-4/h2-3H,9H2,1H3. The molecule has 0 unspecified atom stereocenters. The lowest BCUT2D eigenvalue weighted by atomic mass is 10.4. The summed E-state index contributed by atoms with van der Waals surface area (Å²) in [7, 11) is 0. The summed E-state index contributed by atoms with van der Waals surface area (Å²) in [6.45, 7) is 1.74. The van der Waals surface area contributed by atoms with Crippen LogP contribution in [0.2, 0.25) is 0 Å². The number of aryl methyl sites for hydroxylation is 1. The smallest absolute Gasteiger partial charge is 0.158 e. The number of nitrogen functional groups attached to an aromatic ring is 1. The van der Waals surface area contributed by atoms with E-state index in [2.05, 4.69) is 10.1 Å². The second-order valence-electron chi connectivity index (χ2n) is 2.54. The van der Waals surface area contributed by atoms with E-state index >= 15 is 0 Å². The number of rotatable bonds is 0. The first kappa shape index (κ1) is 7.02. The molecule has 0 aliphatic carbocycles. The van der Waals surface area contributed by atoms with Crippen molar-refractivity contribution in [3.05, 3.63) is 23.9 Å². The molecule has 0 fully saturated rings. The molecule has 2 N–H and O–H groups in total. The highest BCUT2D eigenvalue weighted by Gasteiger charge is 2.03. The summed E-state index contributed by atoms with van der Waals surface area (Å²) in [6, 6.07) is 1.26. The zero-order chi connectivity index (χ0) is 8.72. The predicted molar refractivity (Wildman–Crippen MR) is 42.1 cm³/mol. The predicted octanol–water partition coefficient (Wildman–Crippen LogP) is 0.759. The van der Waals surface area contributed by atoms with Gasteiger partial charge in [0.1, 0.15) is 5.82 Å². The fraction of sp³-hybridized carbons (Fsp3) is 0.143. The van der Waals surface area contributed by atoms with Crippen LogP contribution in [0, 0.1) is 12.7 Å². The lowest BCUT2D eigenvalue weighted by molar-refractivity contribution is 0.630. The van der Waals surface area contributed by atoms with Crippen LogP contribution in [0.25, 0.3) is 5.65 Å². The van der Waals surface area contributed by atoms with Gasteiger partial charge in [0.2, 0.25) is 0 Å². The number of nitrogens with zero attached hydrogens (tertiary/aromatic N) is 3. The minimum absolute atomic E-state index is 0.0763. The maximum absolute atomic E-state index is 12.9. The van der Waals surface area contributed by atoms with E-state index in [0.717, 1.165) is 0 Å². The molecule has 62 valence electrons. The molecule has 0 radical (unpaired) electrons. The highest BCUT2D eigenvalue weighted by atomic mass is 19.1. The molecule has 0 atom stereocenters. The molecular formula is C7H7FN4. The first-order valence-corrected chi connectivity index (χ1v) is 3.45. The zero-order valence-corrected chi connectivity index (χ0v) is 6.45. The molecule has 2 rings (SSSR count). The average molecular weight is 166 g/mol. The van der Waals surface area contributed by atoms with Gasteiger partial charge >= 0.3 is 0 Å². The van der Waals surface area contributed by atoms with Crippen molar-refractivity contribution in [3.63, 3.8) is 0 Å². The van der Waals surface area contributed by atoms with Crippen LogP contribution in [0.5, 0.6) is 0 Å². The Morgan fingerprint density at radius 2 is 2.33 bits per heavy atom. The summed E-state index contributed by atoms with van der Waals surface area (Å²) < 4.78 is 14.3. The van der Waals surface area contributed by atoms with Gasteiger partial charge in [0.05, 0.1) is 11.9 Å². The number of nitrogens with two attached hydrogens (primary N) is 1. The van der Waals surface area contributed by atoms with E-state index in [-0.39, 0.29) is 5.69 Å². The van der Waals surface area contributed by atoms with Gasteiger partial charge in [0.25, 0.3) is 0 Å². The van der Waals surface area contributed by atoms with Crippen LogP contribution in [0.4, 0.5) is 10.1 Å². The Kier molecular flexibility index (Phi) is 1.27. The van der Waals surface area contributed by atoms with Crippen molar-refractivity contribution in [2.45, 2.75) is 6.92 Å². The molecule has 0 spiro atoms. The Balaban J connectivity index is 2.83. The Morgan fingerprint density at radius 3 is 3.08 bits per heavy atom. The second-order valence-corrected chi connectivity index (χ2v) is 2.54. The summed E-state index contributed by atoms with van der Waals surface area (Å²) in [4.78, 5) is 3.97. The van der Waals surface area contributed by atoms with Crippen molar-refractivity contribution in [3.8, 4) is 0 Å². The van der Waals surface area contributed by atoms with Crippen molar-refractivity contribution >= 4 is 11.3 Å². The Hall–Kier alpha value is -1.65. The van der Waals surface area contributed by atoms with Gasteiger partial charge in [-0.05, 0) is 6.92 Å². The molecule has 0 aliphatic heterocycles. The van der Waals surface area contributed by atoms with Crippen molar-refractivity contribution in [2.75, 3.05) is 5.73 Å². The maximum Gasteiger partial charge on any atom is 0.158 e. The van der Waals surface area contributed by atoms with Crippen LogP contribution in [0.1, 0.15) is 5.82 Å². The van der Waals surface area contributed by atoms with E-state index in [1.165, 1.54) is 16.8 Å². The molecule has 0 aromatic carbocycles. The third-order valence-corrected chi connectivity index (χ3v) is 1.56. The lowest BCUT2D eigenvalue weighted by Gasteiger charge is -1.95. The SMILES string of the molecule is Cc1nc2cc(F)c(N)cn2n1. The molecule has 0 aliphatic rings. The van der Waals surface area contributed by atoms with Crippen molar-refractivity contribution in [1.29, 1.82) is 0 Å². The molecular weight excluding hydrogens is 159 g/mol. The minimum atomic E-state index is -0.463. The number of fused-ring (bicyclic) bond motifs is 1. The average Bonchev–Trinajstić information content (AvgIpc) is 2.30. The van der Waals surface area contributed by atoms with E-state index in [9.17, 15) is 4.39 Å². The Bertz CT molecular complexity index is 395. The first-order chi connectivity index (χ1) is 5.66. The van der Waals surface area contributed by atoms with Gasteiger partial charge < -0.3 is 5.73 Å². The van der Waals surface area contributed by atoms with Gasteiger partial charge in [-0.3, -0.25) is 0 Å². The maximum atomic E-state index is 12.9. The molecule has 4 nitrogen and oxygen atoms in total. The van der Waals surface area contributed by atoms with Crippen LogP contribution in [0.15, 0.2) is 12.3 Å². The monoisotopic (exact) mass is 166 g/mol. The van der Waals surface area contributed by atoms with Crippen LogP contribution in [0.3, 0.4) is 0 Å². The summed E-state index contributed by atoms with van der Waals surface area (Å²) in [6.07, 6.45) is 1.41. The van der Waals surface area contributed by atoms with Crippen molar-refractivity contribution in [1.82, 2.24) is 14.6 Å². The lowest BCUT2D eigenvalue weighted by Crippen LogP contribution is -1.95. The van der Waals surface area contributed by atoms with Crippen LogP contribution in [-0.2, 0) is 0 Å². The summed E-state index contributed by atoms with van der Waals surface area (Å²) >= 11 is 0. The molecule has 2 heterocycles. The van der Waals surface area contributed by atoms with E-state index in [1.807, 2.05) is 0 Å². The number of halogens is 1. The topological polar surface area (TPSA) is 56.2 Å². The fourth-order valence-corrected chi connectivity index (χ4v) is 1.03. The molecule has 0 bridgehead atoms. The summed E-state index contributed by atoms with van der Waals surface area (Å²) in [5.74, 6) is 0.134. The van der Waals surface area contributed by atoms with Crippen molar-refractivity contribution < 1.29 is 4.39 Å². The number of hydrogen-bond acceptors (Lipinski definition) is 3. The van der Waals surface area contributed by atoms with Crippen LogP contribution in [-0.4, -0.2) is 14.6 Å². The van der Waals surface area contributed by atoms with Gasteiger partial charge in [-0.25, -0.2) is 13.9 Å². The summed E-state index contributed by atoms with van der Waals surface area (Å²) in [5, 5.41) is 3.97. The number of pyridine rings is 1. The molecule has 5 heteroatoms. The Morgan fingerprint density at radius 1 is 1.58 bits per heavy atom. The molecule has 0 saturated carbocycles. The number of anilines is 1. The zero-order valence-electron chi connectivity index (χ0n) is 6.45. The highest BCUT2D eigenvalue weighted by Crippen LogP contribution is 2.11. The molecule has 0 amide bonds. The van der Waals surface area contributed by atoms with E-state index in [1.54, 1.807) is 6.92 Å². The molecule has 0 saturated heterocycles. The van der Waals surface area contributed by atoms with Gasteiger partial charge in [-0.2, -0.15) is 5.10 Å². The normalized spacial score (nSPS) is 10.8.